The molecule has 0 radical (unpaired) electrons. The molecule has 1 aromatic carbocycles. The van der Waals surface area contributed by atoms with Crippen LogP contribution in [-0.2, 0) is 4.79 Å². The van der Waals surface area contributed by atoms with Crippen molar-refractivity contribution in [2.75, 3.05) is 5.32 Å². The third-order valence-corrected chi connectivity index (χ3v) is 3.67. The number of carbonyl (C=O) groups excluding carboxylic acids is 1. The molecule has 0 aliphatic carbocycles. The van der Waals surface area contributed by atoms with E-state index in [9.17, 15) is 14.7 Å². The van der Waals surface area contributed by atoms with Crippen molar-refractivity contribution in [3.63, 3.8) is 0 Å². The number of aliphatic carboxylic acids is 1. The van der Waals surface area contributed by atoms with Gasteiger partial charge in [0.15, 0.2) is 0 Å². The smallest absolute Gasteiger partial charge is 0.329 e. The first-order valence-electron chi connectivity index (χ1n) is 6.37. The van der Waals surface area contributed by atoms with E-state index in [0.717, 1.165) is 10.0 Å². The van der Waals surface area contributed by atoms with Gasteiger partial charge in [0, 0.05) is 4.47 Å². The number of aryl methyl sites for hydroxylation is 1. The van der Waals surface area contributed by atoms with Crippen LogP contribution >= 0.6 is 15.9 Å². The van der Waals surface area contributed by atoms with E-state index in [1.54, 1.807) is 0 Å². The highest BCUT2D eigenvalue weighted by atomic mass is 79.9. The Morgan fingerprint density at radius 1 is 1.40 bits per heavy atom. The quantitative estimate of drug-likeness (QED) is 0.765. The third-order valence-electron chi connectivity index (χ3n) is 2.98. The highest BCUT2D eigenvalue weighted by molar-refractivity contribution is 9.10. The van der Waals surface area contributed by atoms with Crippen LogP contribution in [0.1, 0.15) is 32.3 Å². The van der Waals surface area contributed by atoms with Gasteiger partial charge in [-0.3, -0.25) is 0 Å². The van der Waals surface area contributed by atoms with E-state index in [1.165, 1.54) is 6.92 Å². The molecule has 5 nitrogen and oxygen atoms in total. The summed E-state index contributed by atoms with van der Waals surface area (Å²) in [6, 6.07) is 5.01. The molecule has 0 aliphatic rings. The summed E-state index contributed by atoms with van der Waals surface area (Å²) in [4.78, 5) is 23.2. The van der Waals surface area contributed by atoms with E-state index in [1.807, 2.05) is 32.0 Å². The summed E-state index contributed by atoms with van der Waals surface area (Å²) < 4.78 is 0.741. The molecule has 1 aromatic rings. The first-order chi connectivity index (χ1) is 9.28. The standard InChI is InChI=1S/C14H19BrN2O3/c1-4-7-14(3,12(18)19)17-13(20)16-11-8-9(2)5-6-10(11)15/h5-6,8H,4,7H2,1-3H3,(H,18,19)(H2,16,17,20). The first-order valence-corrected chi connectivity index (χ1v) is 7.16. The second-order valence-corrected chi connectivity index (χ2v) is 5.80. The second-order valence-electron chi connectivity index (χ2n) is 4.95. The molecule has 110 valence electrons. The van der Waals surface area contributed by atoms with Gasteiger partial charge in [-0.1, -0.05) is 19.4 Å². The van der Waals surface area contributed by atoms with Crippen LogP contribution in [0.25, 0.3) is 0 Å². The molecule has 0 saturated carbocycles. The summed E-state index contributed by atoms with van der Waals surface area (Å²) in [5.41, 5.74) is 0.333. The van der Waals surface area contributed by atoms with Crippen LogP contribution in [0.4, 0.5) is 10.5 Å². The molecule has 0 saturated heterocycles. The third kappa shape index (κ3) is 4.23. The molecule has 6 heteroatoms. The Labute approximate surface area is 126 Å². The molecule has 1 atom stereocenters. The Morgan fingerprint density at radius 2 is 2.05 bits per heavy atom. The summed E-state index contributed by atoms with van der Waals surface area (Å²) in [7, 11) is 0. The monoisotopic (exact) mass is 342 g/mol. The molecule has 20 heavy (non-hydrogen) atoms. The van der Waals surface area contributed by atoms with Crippen LogP contribution in [0.3, 0.4) is 0 Å². The largest absolute Gasteiger partial charge is 0.480 e. The summed E-state index contributed by atoms with van der Waals surface area (Å²) in [6.45, 7) is 5.29. The fourth-order valence-corrected chi connectivity index (χ4v) is 2.21. The van der Waals surface area contributed by atoms with Crippen molar-refractivity contribution < 1.29 is 14.7 Å². The topological polar surface area (TPSA) is 78.4 Å². The lowest BCUT2D eigenvalue weighted by molar-refractivity contribution is -0.143. The zero-order valence-electron chi connectivity index (χ0n) is 11.8. The summed E-state index contributed by atoms with van der Waals surface area (Å²) >= 11 is 3.34. The van der Waals surface area contributed by atoms with Gasteiger partial charge in [0.05, 0.1) is 5.69 Å². The normalized spacial score (nSPS) is 13.4. The molecule has 0 aromatic heterocycles. The zero-order chi connectivity index (χ0) is 15.3. The van der Waals surface area contributed by atoms with Crippen LogP contribution in [0.15, 0.2) is 22.7 Å². The Hall–Kier alpha value is -1.56. The highest BCUT2D eigenvalue weighted by Crippen LogP contribution is 2.23. The highest BCUT2D eigenvalue weighted by Gasteiger charge is 2.33. The van der Waals surface area contributed by atoms with Gasteiger partial charge in [-0.25, -0.2) is 9.59 Å². The van der Waals surface area contributed by atoms with Crippen LogP contribution in [0.5, 0.6) is 0 Å². The molecule has 1 rings (SSSR count). The van der Waals surface area contributed by atoms with Crippen LogP contribution in [0.2, 0.25) is 0 Å². The van der Waals surface area contributed by atoms with Crippen molar-refractivity contribution in [1.29, 1.82) is 0 Å². The maximum Gasteiger partial charge on any atom is 0.329 e. The van der Waals surface area contributed by atoms with Crippen LogP contribution < -0.4 is 10.6 Å². The molecule has 0 aliphatic heterocycles. The lowest BCUT2D eigenvalue weighted by atomic mass is 9.97. The predicted octanol–water partition coefficient (Wildman–Crippen LogP) is 3.52. The van der Waals surface area contributed by atoms with Crippen molar-refractivity contribution in [2.45, 2.75) is 39.2 Å². The van der Waals surface area contributed by atoms with Gasteiger partial charge < -0.3 is 15.7 Å². The fraction of sp³-hybridized carbons (Fsp3) is 0.429. The number of nitrogens with one attached hydrogen (secondary N) is 2. The van der Waals surface area contributed by atoms with Gasteiger partial charge in [0.1, 0.15) is 5.54 Å². The SMILES string of the molecule is CCCC(C)(NC(=O)Nc1cc(C)ccc1Br)C(=O)O. The van der Waals surface area contributed by atoms with Crippen molar-refractivity contribution in [3.8, 4) is 0 Å². The number of amides is 2. The number of carboxylic acids is 1. The van der Waals surface area contributed by atoms with Crippen molar-refractivity contribution >= 4 is 33.6 Å². The molecule has 1 unspecified atom stereocenters. The van der Waals surface area contributed by atoms with Crippen LogP contribution in [0, 0.1) is 6.92 Å². The number of hydrogen-bond acceptors (Lipinski definition) is 2. The summed E-state index contributed by atoms with van der Waals surface area (Å²) in [5.74, 6) is -1.04. The predicted molar refractivity (Wildman–Crippen MR) is 82.0 cm³/mol. The number of carbonyl (C=O) groups is 2. The number of benzene rings is 1. The fourth-order valence-electron chi connectivity index (χ4n) is 1.86. The number of carboxylic acid groups (broad SMARTS) is 1. The molecule has 0 spiro atoms. The van der Waals surface area contributed by atoms with Gasteiger partial charge in [-0.05, 0) is 53.9 Å². The number of anilines is 1. The van der Waals surface area contributed by atoms with E-state index >= 15 is 0 Å². The molecule has 0 heterocycles. The van der Waals surface area contributed by atoms with Gasteiger partial charge in [0.2, 0.25) is 0 Å². The Kier molecular flexibility index (Phi) is 5.56. The average Bonchev–Trinajstić information content (AvgIpc) is 2.33. The maximum absolute atomic E-state index is 12.0. The Bertz CT molecular complexity index is 519. The lowest BCUT2D eigenvalue weighted by Gasteiger charge is -2.26. The van der Waals surface area contributed by atoms with E-state index in [-0.39, 0.29) is 0 Å². The van der Waals surface area contributed by atoms with Crippen LogP contribution in [-0.4, -0.2) is 22.6 Å². The Balaban J connectivity index is 2.81. The van der Waals surface area contributed by atoms with Crippen molar-refractivity contribution in [1.82, 2.24) is 5.32 Å². The summed E-state index contributed by atoms with van der Waals surface area (Å²) in [5, 5.41) is 14.4. The lowest BCUT2D eigenvalue weighted by Crippen LogP contribution is -2.53. The minimum Gasteiger partial charge on any atom is -0.480 e. The molecule has 2 amide bonds. The number of halogens is 1. The van der Waals surface area contributed by atoms with Crippen molar-refractivity contribution in [3.05, 3.63) is 28.2 Å². The van der Waals surface area contributed by atoms with Gasteiger partial charge in [0.25, 0.3) is 0 Å². The van der Waals surface area contributed by atoms with Gasteiger partial charge in [-0.2, -0.15) is 0 Å². The van der Waals surface area contributed by atoms with E-state index in [2.05, 4.69) is 26.6 Å². The van der Waals surface area contributed by atoms with E-state index in [0.29, 0.717) is 18.5 Å². The van der Waals surface area contributed by atoms with Crippen molar-refractivity contribution in [2.24, 2.45) is 0 Å². The number of urea groups is 1. The minimum absolute atomic E-state index is 0.366. The molecule has 0 bridgehead atoms. The maximum atomic E-state index is 12.0. The molecule has 3 N–H and O–H groups in total. The van der Waals surface area contributed by atoms with Gasteiger partial charge >= 0.3 is 12.0 Å². The second kappa shape index (κ2) is 6.74. The summed E-state index contributed by atoms with van der Waals surface area (Å²) in [6.07, 6.45) is 1.03. The molecular weight excluding hydrogens is 324 g/mol. The number of rotatable bonds is 5. The Morgan fingerprint density at radius 3 is 2.60 bits per heavy atom. The van der Waals surface area contributed by atoms with E-state index in [4.69, 9.17) is 0 Å². The number of hydrogen-bond donors (Lipinski definition) is 3. The van der Waals surface area contributed by atoms with E-state index < -0.39 is 17.5 Å². The molecule has 0 fully saturated rings. The zero-order valence-corrected chi connectivity index (χ0v) is 13.4. The minimum atomic E-state index is -1.27. The average molecular weight is 343 g/mol. The first kappa shape index (κ1) is 16.5. The molecular formula is C14H19BrN2O3. The van der Waals surface area contributed by atoms with Gasteiger partial charge in [-0.15, -0.1) is 0 Å².